The van der Waals surface area contributed by atoms with E-state index in [2.05, 4.69) is 10.4 Å². The van der Waals surface area contributed by atoms with Gasteiger partial charge < -0.3 is 19.6 Å². The van der Waals surface area contributed by atoms with Crippen LogP contribution < -0.4 is 5.32 Å². The van der Waals surface area contributed by atoms with Gasteiger partial charge in [-0.2, -0.15) is 5.10 Å². The van der Waals surface area contributed by atoms with Crippen LogP contribution in [-0.4, -0.2) is 33.9 Å². The molecule has 23 heavy (non-hydrogen) atoms. The Morgan fingerprint density at radius 2 is 2.39 bits per heavy atom. The molecule has 2 N–H and O–H groups in total. The molecular formula is C16H21N3O4. The fraction of sp³-hybridized carbons (Fsp3) is 0.500. The number of rotatable bonds is 5. The smallest absolute Gasteiger partial charge is 0.226 e. The molecule has 124 valence electrons. The van der Waals surface area contributed by atoms with Gasteiger partial charge in [-0.15, -0.1) is 0 Å². The second-order valence-electron chi connectivity index (χ2n) is 6.04. The molecule has 0 unspecified atom stereocenters. The molecule has 0 radical (unpaired) electrons. The van der Waals surface area contributed by atoms with Crippen molar-refractivity contribution < 1.29 is 19.1 Å². The molecule has 2 aromatic heterocycles. The van der Waals surface area contributed by atoms with Crippen LogP contribution >= 0.6 is 0 Å². The maximum Gasteiger partial charge on any atom is 0.226 e. The van der Waals surface area contributed by atoms with Crippen LogP contribution in [-0.2, 0) is 22.2 Å². The molecule has 1 aliphatic rings. The van der Waals surface area contributed by atoms with E-state index >= 15 is 0 Å². The van der Waals surface area contributed by atoms with Crippen LogP contribution in [0.15, 0.2) is 35.1 Å². The first-order valence-electron chi connectivity index (χ1n) is 7.62. The number of nitrogens with one attached hydrogen (secondary N) is 1. The Bertz CT molecular complexity index is 663. The number of aromatic nitrogens is 2. The van der Waals surface area contributed by atoms with Crippen LogP contribution in [0.4, 0.5) is 0 Å². The van der Waals surface area contributed by atoms with E-state index in [1.54, 1.807) is 29.9 Å². The second kappa shape index (κ2) is 6.17. The Morgan fingerprint density at radius 1 is 1.57 bits per heavy atom. The number of amides is 1. The molecular weight excluding hydrogens is 298 g/mol. The number of hydrogen-bond acceptors (Lipinski definition) is 5. The molecule has 1 saturated heterocycles. The van der Waals surface area contributed by atoms with Crippen molar-refractivity contribution in [1.82, 2.24) is 15.1 Å². The lowest BCUT2D eigenvalue weighted by atomic mass is 9.97. The number of aliphatic hydroxyl groups is 1. The topological polar surface area (TPSA) is 89.5 Å². The van der Waals surface area contributed by atoms with Gasteiger partial charge in [0, 0.05) is 19.9 Å². The highest BCUT2D eigenvalue weighted by Crippen LogP contribution is 2.34. The van der Waals surface area contributed by atoms with Crippen LogP contribution in [0.3, 0.4) is 0 Å². The zero-order valence-electron chi connectivity index (χ0n) is 13.2. The number of carbonyl (C=O) groups is 1. The van der Waals surface area contributed by atoms with Crippen molar-refractivity contribution >= 4 is 5.91 Å². The lowest BCUT2D eigenvalue weighted by Gasteiger charge is -2.23. The van der Waals surface area contributed by atoms with E-state index in [0.717, 1.165) is 5.69 Å². The number of hydrogen-bond donors (Lipinski definition) is 2. The largest absolute Gasteiger partial charge is 0.466 e. The van der Waals surface area contributed by atoms with Crippen molar-refractivity contribution in [2.75, 3.05) is 13.2 Å². The number of nitrogens with zero attached hydrogens (tertiary/aromatic N) is 2. The maximum absolute atomic E-state index is 12.5. The minimum atomic E-state index is -1.25. The Morgan fingerprint density at radius 3 is 3.04 bits per heavy atom. The molecule has 2 aromatic rings. The van der Waals surface area contributed by atoms with Gasteiger partial charge in [-0.3, -0.25) is 9.48 Å². The van der Waals surface area contributed by atoms with E-state index in [-0.39, 0.29) is 24.5 Å². The minimum absolute atomic E-state index is 0.0773. The van der Waals surface area contributed by atoms with Crippen molar-refractivity contribution in [3.63, 3.8) is 0 Å². The van der Waals surface area contributed by atoms with Crippen LogP contribution in [0.25, 0.3) is 0 Å². The number of aryl methyl sites for hydroxylation is 1. The summed E-state index contributed by atoms with van der Waals surface area (Å²) in [6.07, 6.45) is 3.52. The lowest BCUT2D eigenvalue weighted by molar-refractivity contribution is -0.128. The summed E-state index contributed by atoms with van der Waals surface area (Å²) in [6, 6.07) is 5.24. The van der Waals surface area contributed by atoms with Crippen LogP contribution in [0.1, 0.15) is 30.9 Å². The first-order valence-corrected chi connectivity index (χ1v) is 7.62. The van der Waals surface area contributed by atoms with Crippen molar-refractivity contribution in [3.05, 3.63) is 42.1 Å². The number of ether oxygens (including phenoxy) is 1. The third-order valence-corrected chi connectivity index (χ3v) is 4.24. The summed E-state index contributed by atoms with van der Waals surface area (Å²) >= 11 is 0. The van der Waals surface area contributed by atoms with Crippen LogP contribution in [0, 0.1) is 5.92 Å². The molecule has 0 bridgehead atoms. The first-order chi connectivity index (χ1) is 11.0. The molecule has 0 aromatic carbocycles. The zero-order valence-corrected chi connectivity index (χ0v) is 13.2. The van der Waals surface area contributed by atoms with Gasteiger partial charge in [0.1, 0.15) is 17.5 Å². The highest BCUT2D eigenvalue weighted by molar-refractivity contribution is 5.79. The van der Waals surface area contributed by atoms with Crippen LogP contribution in [0.2, 0.25) is 0 Å². The van der Waals surface area contributed by atoms with E-state index < -0.39 is 5.60 Å². The minimum Gasteiger partial charge on any atom is -0.466 e. The van der Waals surface area contributed by atoms with Gasteiger partial charge in [0.15, 0.2) is 0 Å². The van der Waals surface area contributed by atoms with Gasteiger partial charge in [-0.25, -0.2) is 0 Å². The van der Waals surface area contributed by atoms with Gasteiger partial charge in [0.2, 0.25) is 5.91 Å². The summed E-state index contributed by atoms with van der Waals surface area (Å²) in [5.41, 5.74) is -0.374. The van der Waals surface area contributed by atoms with E-state index in [1.807, 2.05) is 13.1 Å². The molecule has 1 aliphatic heterocycles. The van der Waals surface area contributed by atoms with E-state index in [9.17, 15) is 9.90 Å². The SMILES string of the molecule is Cn1nccc1[C@@H]1OCC[C@H]1C(=O)NC[C@@](C)(O)c1ccco1. The number of furan rings is 1. The third-order valence-electron chi connectivity index (χ3n) is 4.24. The first kappa shape index (κ1) is 15.8. The van der Waals surface area contributed by atoms with Gasteiger partial charge in [0.25, 0.3) is 0 Å². The lowest BCUT2D eigenvalue weighted by Crippen LogP contribution is -2.41. The molecule has 3 heterocycles. The molecule has 0 aliphatic carbocycles. The van der Waals surface area contributed by atoms with Gasteiger partial charge in [0.05, 0.1) is 24.4 Å². The fourth-order valence-corrected chi connectivity index (χ4v) is 2.88. The molecule has 1 amide bonds. The summed E-state index contributed by atoms with van der Waals surface area (Å²) in [4.78, 5) is 12.5. The van der Waals surface area contributed by atoms with Crippen molar-refractivity contribution in [2.45, 2.75) is 25.0 Å². The summed E-state index contributed by atoms with van der Waals surface area (Å²) in [5.74, 6) is -0.0120. The third kappa shape index (κ3) is 3.16. The summed E-state index contributed by atoms with van der Waals surface area (Å²) in [7, 11) is 1.83. The van der Waals surface area contributed by atoms with E-state index in [0.29, 0.717) is 18.8 Å². The normalized spacial score (nSPS) is 23.6. The predicted octanol–water partition coefficient (Wildman–Crippen LogP) is 1.11. The Labute approximate surface area is 134 Å². The van der Waals surface area contributed by atoms with E-state index in [4.69, 9.17) is 9.15 Å². The monoisotopic (exact) mass is 319 g/mol. The van der Waals surface area contributed by atoms with E-state index in [1.165, 1.54) is 6.26 Å². The Balaban J connectivity index is 1.65. The van der Waals surface area contributed by atoms with Gasteiger partial charge >= 0.3 is 0 Å². The summed E-state index contributed by atoms with van der Waals surface area (Å²) < 4.78 is 12.6. The maximum atomic E-state index is 12.5. The summed E-state index contributed by atoms with van der Waals surface area (Å²) in [5, 5.41) is 17.3. The average Bonchev–Trinajstić information content (AvgIpc) is 3.24. The highest BCUT2D eigenvalue weighted by Gasteiger charge is 2.37. The highest BCUT2D eigenvalue weighted by atomic mass is 16.5. The fourth-order valence-electron chi connectivity index (χ4n) is 2.88. The zero-order chi connectivity index (χ0) is 16.4. The standard InChI is InChI=1S/C16H21N3O4/c1-16(21,13-4-3-8-22-13)10-17-15(20)11-6-9-23-14(11)12-5-7-18-19(12)2/h3-5,7-8,11,14,21H,6,9-10H2,1-2H3,(H,17,20)/t11-,14-,16-/m1/s1. The van der Waals surface area contributed by atoms with Gasteiger partial charge in [-0.1, -0.05) is 0 Å². The number of carbonyl (C=O) groups excluding carboxylic acids is 1. The van der Waals surface area contributed by atoms with Gasteiger partial charge in [-0.05, 0) is 31.5 Å². The van der Waals surface area contributed by atoms with Crippen molar-refractivity contribution in [1.29, 1.82) is 0 Å². The second-order valence-corrected chi connectivity index (χ2v) is 6.04. The molecule has 3 atom stereocenters. The molecule has 7 heteroatoms. The molecule has 1 fully saturated rings. The van der Waals surface area contributed by atoms with Crippen molar-refractivity contribution in [2.24, 2.45) is 13.0 Å². The van der Waals surface area contributed by atoms with Crippen LogP contribution in [0.5, 0.6) is 0 Å². The molecule has 0 spiro atoms. The molecule has 3 rings (SSSR count). The Hall–Kier alpha value is -2.12. The predicted molar refractivity (Wildman–Crippen MR) is 81.3 cm³/mol. The Kier molecular flexibility index (Phi) is 4.23. The molecule has 7 nitrogen and oxygen atoms in total. The molecule has 0 saturated carbocycles. The summed E-state index contributed by atoms with van der Waals surface area (Å²) in [6.45, 7) is 2.21. The average molecular weight is 319 g/mol. The van der Waals surface area contributed by atoms with Crippen molar-refractivity contribution in [3.8, 4) is 0 Å². The quantitative estimate of drug-likeness (QED) is 0.862.